The van der Waals surface area contributed by atoms with Gasteiger partial charge in [0.2, 0.25) is 0 Å². The van der Waals surface area contributed by atoms with Crippen molar-refractivity contribution in [3.05, 3.63) is 194 Å². The normalized spacial score (nSPS) is 12.2. The summed E-state index contributed by atoms with van der Waals surface area (Å²) in [5, 5.41) is 13.1. The number of nitrogens with zero attached hydrogens (tertiary/aromatic N) is 4. The Morgan fingerprint density at radius 1 is 0.333 bits per heavy atom. The average Bonchev–Trinajstić information content (AvgIpc) is 4.14. The summed E-state index contributed by atoms with van der Waals surface area (Å²) in [6, 6.07) is 67.5. The summed E-state index contributed by atoms with van der Waals surface area (Å²) >= 11 is 0. The molecule has 0 amide bonds. The maximum atomic E-state index is 7.03. The van der Waals surface area contributed by atoms with Gasteiger partial charge in [-0.2, -0.15) is 0 Å². The molecule has 0 spiro atoms. The molecular weight excluding hydrogens is 813 g/mol. The Kier molecular flexibility index (Phi) is 7.10. The Hall–Kier alpha value is -9.07. The third-order valence-corrected chi connectivity index (χ3v) is 13.4. The van der Waals surface area contributed by atoms with Gasteiger partial charge in [0.25, 0.3) is 0 Å². The summed E-state index contributed by atoms with van der Waals surface area (Å²) in [7, 11) is 0. The second-order valence-electron chi connectivity index (χ2n) is 17.1. The number of hydrogen-bond donors (Lipinski definition) is 0. The Morgan fingerprint density at radius 3 is 1.52 bits per heavy atom. The van der Waals surface area contributed by atoms with E-state index < -0.39 is 0 Å². The van der Waals surface area contributed by atoms with E-state index in [0.29, 0.717) is 17.5 Å². The fourth-order valence-corrected chi connectivity index (χ4v) is 10.4. The Labute approximate surface area is 374 Å². The van der Waals surface area contributed by atoms with Crippen LogP contribution in [0.25, 0.3) is 149 Å². The van der Waals surface area contributed by atoms with Gasteiger partial charge in [0.1, 0.15) is 27.9 Å². The zero-order valence-corrected chi connectivity index (χ0v) is 35.0. The van der Waals surface area contributed by atoms with Crippen molar-refractivity contribution in [2.45, 2.75) is 0 Å². The van der Waals surface area contributed by atoms with Crippen molar-refractivity contribution >= 4 is 109 Å². The smallest absolute Gasteiger partial charge is 0.164 e. The first-order valence-electron chi connectivity index (χ1n) is 22.1. The standard InChI is InChI=1S/C59H32N4O3/c1-2-13-35-30-48-46(29-34(35)12-1)43-26-21-33-11-3-4-14-38(33)55(43)63(48)47-28-27-45(54-44-17-7-10-20-51(44)66-56(47)54)59-61-57(36-22-24-41-39-15-5-8-18-49(39)64-52(41)31-36)60-58(62-59)37-23-25-42-40-16-6-9-19-50(40)65-53(42)32-37/h1-32H. The van der Waals surface area contributed by atoms with E-state index >= 15 is 0 Å². The summed E-state index contributed by atoms with van der Waals surface area (Å²) in [5.41, 5.74) is 10.3. The first kappa shape index (κ1) is 35.4. The van der Waals surface area contributed by atoms with Crippen LogP contribution in [0.4, 0.5) is 0 Å². The molecule has 0 saturated heterocycles. The van der Waals surface area contributed by atoms with Crippen LogP contribution < -0.4 is 0 Å². The lowest BCUT2D eigenvalue weighted by Crippen LogP contribution is -2.01. The zero-order chi connectivity index (χ0) is 43.0. The average molecular weight is 845 g/mol. The highest BCUT2D eigenvalue weighted by molar-refractivity contribution is 6.22. The van der Waals surface area contributed by atoms with Gasteiger partial charge in [-0.05, 0) is 82.9 Å². The number of furan rings is 3. The molecule has 5 aromatic heterocycles. The van der Waals surface area contributed by atoms with E-state index in [4.69, 9.17) is 28.2 Å². The van der Waals surface area contributed by atoms with Gasteiger partial charge in [0, 0.05) is 65.2 Å². The molecular formula is C59H32N4O3. The first-order valence-corrected chi connectivity index (χ1v) is 22.1. The lowest BCUT2D eigenvalue weighted by Gasteiger charge is -2.13. The van der Waals surface area contributed by atoms with Crippen LogP contribution in [0.1, 0.15) is 0 Å². The molecule has 306 valence electrons. The van der Waals surface area contributed by atoms with Gasteiger partial charge in [0.05, 0.1) is 16.7 Å². The molecule has 15 aromatic rings. The highest BCUT2D eigenvalue weighted by Crippen LogP contribution is 2.45. The Bertz CT molecular complexity index is 4420. The summed E-state index contributed by atoms with van der Waals surface area (Å²) in [6.45, 7) is 0. The summed E-state index contributed by atoms with van der Waals surface area (Å²) in [6.07, 6.45) is 0. The minimum Gasteiger partial charge on any atom is -0.456 e. The van der Waals surface area contributed by atoms with Crippen LogP contribution in [0.5, 0.6) is 0 Å². The molecule has 7 heteroatoms. The Morgan fingerprint density at radius 2 is 0.848 bits per heavy atom. The first-order chi connectivity index (χ1) is 32.7. The van der Waals surface area contributed by atoms with Crippen LogP contribution in [0.15, 0.2) is 207 Å². The molecule has 10 aromatic carbocycles. The quantitative estimate of drug-likeness (QED) is 0.175. The predicted molar refractivity (Wildman–Crippen MR) is 267 cm³/mol. The minimum absolute atomic E-state index is 0.520. The monoisotopic (exact) mass is 844 g/mol. The molecule has 0 radical (unpaired) electrons. The molecule has 0 unspecified atom stereocenters. The van der Waals surface area contributed by atoms with Crippen molar-refractivity contribution in [2.75, 3.05) is 0 Å². The molecule has 66 heavy (non-hydrogen) atoms. The third-order valence-electron chi connectivity index (χ3n) is 13.4. The molecule has 0 bridgehead atoms. The van der Waals surface area contributed by atoms with Crippen LogP contribution in [0, 0.1) is 0 Å². The summed E-state index contributed by atoms with van der Waals surface area (Å²) < 4.78 is 22.2. The van der Waals surface area contributed by atoms with E-state index in [0.717, 1.165) is 105 Å². The lowest BCUT2D eigenvalue weighted by atomic mass is 10.0. The Balaban J connectivity index is 1.02. The second-order valence-corrected chi connectivity index (χ2v) is 17.1. The number of aromatic nitrogens is 4. The molecule has 15 rings (SSSR count). The molecule has 7 nitrogen and oxygen atoms in total. The molecule has 5 heterocycles. The van der Waals surface area contributed by atoms with Crippen LogP contribution >= 0.6 is 0 Å². The second kappa shape index (κ2) is 13.2. The number of benzene rings is 10. The van der Waals surface area contributed by atoms with Gasteiger partial charge in [0.15, 0.2) is 23.1 Å². The number of hydrogen-bond acceptors (Lipinski definition) is 6. The van der Waals surface area contributed by atoms with E-state index in [-0.39, 0.29) is 0 Å². The molecule has 0 N–H and O–H groups in total. The van der Waals surface area contributed by atoms with Gasteiger partial charge in [-0.25, -0.2) is 15.0 Å². The topological polar surface area (TPSA) is 83.0 Å². The molecule has 0 saturated carbocycles. The van der Waals surface area contributed by atoms with E-state index in [1.54, 1.807) is 0 Å². The van der Waals surface area contributed by atoms with E-state index in [1.165, 1.54) is 26.9 Å². The molecule has 0 aliphatic rings. The predicted octanol–water partition coefficient (Wildman–Crippen LogP) is 16.0. The van der Waals surface area contributed by atoms with Crippen molar-refractivity contribution < 1.29 is 13.3 Å². The third kappa shape index (κ3) is 5.05. The molecule has 0 aliphatic heterocycles. The van der Waals surface area contributed by atoms with Gasteiger partial charge < -0.3 is 17.8 Å². The number of fused-ring (bicyclic) bond motifs is 15. The number of rotatable bonds is 4. The summed E-state index contributed by atoms with van der Waals surface area (Å²) in [4.78, 5) is 15.8. The highest BCUT2D eigenvalue weighted by Gasteiger charge is 2.24. The zero-order valence-electron chi connectivity index (χ0n) is 35.0. The molecule has 0 fully saturated rings. The van der Waals surface area contributed by atoms with E-state index in [1.807, 2.05) is 60.7 Å². The molecule has 0 atom stereocenters. The van der Waals surface area contributed by atoms with Crippen LogP contribution in [0.2, 0.25) is 0 Å². The van der Waals surface area contributed by atoms with Crippen molar-refractivity contribution in [3.63, 3.8) is 0 Å². The largest absolute Gasteiger partial charge is 0.456 e. The minimum atomic E-state index is 0.520. The highest BCUT2D eigenvalue weighted by atomic mass is 16.3. The van der Waals surface area contributed by atoms with E-state index in [9.17, 15) is 0 Å². The summed E-state index contributed by atoms with van der Waals surface area (Å²) in [5.74, 6) is 1.56. The van der Waals surface area contributed by atoms with Crippen LogP contribution in [0.3, 0.4) is 0 Å². The van der Waals surface area contributed by atoms with Crippen molar-refractivity contribution in [2.24, 2.45) is 0 Å². The maximum Gasteiger partial charge on any atom is 0.164 e. The fourth-order valence-electron chi connectivity index (χ4n) is 10.4. The van der Waals surface area contributed by atoms with Gasteiger partial charge >= 0.3 is 0 Å². The van der Waals surface area contributed by atoms with Crippen molar-refractivity contribution in [1.29, 1.82) is 0 Å². The van der Waals surface area contributed by atoms with Crippen LogP contribution in [-0.2, 0) is 0 Å². The SMILES string of the molecule is c1ccc2cc3c(cc2c1)c1ccc2ccccc2c1n3-c1ccc(-c2nc(-c3ccc4c(c3)oc3ccccc34)nc(-c3ccc4c(c3)oc3ccccc34)n2)c2c1oc1ccccc12. The van der Waals surface area contributed by atoms with Gasteiger partial charge in [-0.3, -0.25) is 0 Å². The van der Waals surface area contributed by atoms with Gasteiger partial charge in [-0.15, -0.1) is 0 Å². The lowest BCUT2D eigenvalue weighted by molar-refractivity contribution is 0.666. The molecule has 0 aliphatic carbocycles. The number of para-hydroxylation sites is 3. The van der Waals surface area contributed by atoms with E-state index in [2.05, 4.69) is 138 Å². The van der Waals surface area contributed by atoms with Gasteiger partial charge in [-0.1, -0.05) is 127 Å². The maximum absolute atomic E-state index is 7.03. The van der Waals surface area contributed by atoms with Crippen molar-refractivity contribution in [3.8, 4) is 39.9 Å². The van der Waals surface area contributed by atoms with Crippen LogP contribution in [-0.4, -0.2) is 19.5 Å². The van der Waals surface area contributed by atoms with Crippen molar-refractivity contribution in [1.82, 2.24) is 19.5 Å². The fraction of sp³-hybridized carbons (Fsp3) is 0.